The van der Waals surface area contributed by atoms with Gasteiger partial charge in [-0.3, -0.25) is 0 Å². The van der Waals surface area contributed by atoms with Crippen LogP contribution in [0.1, 0.15) is 23.0 Å². The summed E-state index contributed by atoms with van der Waals surface area (Å²) in [7, 11) is 0. The van der Waals surface area contributed by atoms with Crippen molar-refractivity contribution in [2.45, 2.75) is 18.0 Å². The average molecular weight is 405 g/mol. The van der Waals surface area contributed by atoms with Crippen molar-refractivity contribution in [2.75, 3.05) is 13.2 Å². The summed E-state index contributed by atoms with van der Waals surface area (Å²) in [4.78, 5) is 3.78. The molecule has 0 aliphatic rings. The number of hydrogen-bond donors (Lipinski definition) is 1. The molecule has 2 unspecified atom stereocenters. The molecule has 1 aromatic carbocycles. The maximum absolute atomic E-state index is 13.8. The van der Waals surface area contributed by atoms with Gasteiger partial charge in [-0.25, -0.2) is 4.98 Å². The third-order valence-electron chi connectivity index (χ3n) is 3.72. The number of pyridine rings is 1. The first kappa shape index (κ1) is 20.3. The van der Waals surface area contributed by atoms with Gasteiger partial charge in [0, 0.05) is 28.2 Å². The Kier molecular flexibility index (Phi) is 6.70. The van der Waals surface area contributed by atoms with E-state index in [0.29, 0.717) is 0 Å². The molecule has 1 N–H and O–H groups in total. The van der Waals surface area contributed by atoms with E-state index in [1.165, 1.54) is 24.3 Å². The summed E-state index contributed by atoms with van der Waals surface area (Å²) in [5.41, 5.74) is -0.0392. The van der Waals surface area contributed by atoms with Crippen molar-refractivity contribution in [1.82, 2.24) is 4.98 Å². The topological polar surface area (TPSA) is 66.1 Å². The van der Waals surface area contributed by atoms with Crippen LogP contribution in [0, 0.1) is 11.3 Å². The monoisotopic (exact) mass is 404 g/mol. The van der Waals surface area contributed by atoms with Gasteiger partial charge >= 0.3 is 6.18 Å². The molecule has 0 fully saturated rings. The van der Waals surface area contributed by atoms with Gasteiger partial charge in [0.25, 0.3) is 0 Å². The molecule has 26 heavy (non-hydrogen) atoms. The molecule has 2 rings (SSSR count). The van der Waals surface area contributed by atoms with Gasteiger partial charge in [-0.2, -0.15) is 18.4 Å². The highest BCUT2D eigenvalue weighted by molar-refractivity contribution is 6.35. The maximum atomic E-state index is 13.8. The van der Waals surface area contributed by atoms with Crippen molar-refractivity contribution < 1.29 is 23.0 Å². The van der Waals surface area contributed by atoms with Gasteiger partial charge < -0.3 is 9.84 Å². The summed E-state index contributed by atoms with van der Waals surface area (Å²) < 4.78 is 46.5. The molecule has 0 saturated carbocycles. The molecule has 0 radical (unpaired) electrons. The lowest BCUT2D eigenvalue weighted by Crippen LogP contribution is -2.29. The van der Waals surface area contributed by atoms with Crippen LogP contribution in [0.4, 0.5) is 13.2 Å². The Balaban J connectivity index is 2.51. The van der Waals surface area contributed by atoms with Crippen LogP contribution < -0.4 is 4.74 Å². The van der Waals surface area contributed by atoms with Crippen molar-refractivity contribution in [1.29, 1.82) is 5.26 Å². The fraction of sp³-hybridized carbons (Fsp3) is 0.294. The van der Waals surface area contributed by atoms with E-state index in [4.69, 9.17) is 33.2 Å². The van der Waals surface area contributed by atoms with E-state index in [-0.39, 0.29) is 33.7 Å². The molecular formula is C17H13Cl2F3N2O2. The van der Waals surface area contributed by atoms with Crippen LogP contribution in [0.5, 0.6) is 5.88 Å². The smallest absolute Gasteiger partial charge is 0.396 e. The first-order valence-electron chi connectivity index (χ1n) is 7.36. The van der Waals surface area contributed by atoms with Crippen molar-refractivity contribution in [3.8, 4) is 11.9 Å². The average Bonchev–Trinajstić information content (AvgIpc) is 2.57. The first-order valence-corrected chi connectivity index (χ1v) is 8.11. The molecule has 2 atom stereocenters. The van der Waals surface area contributed by atoms with Crippen LogP contribution in [0.15, 0.2) is 36.5 Å². The van der Waals surface area contributed by atoms with Gasteiger partial charge in [0.1, 0.15) is 6.07 Å². The summed E-state index contributed by atoms with van der Waals surface area (Å²) in [6, 6.07) is 8.09. The second-order valence-corrected chi connectivity index (χ2v) is 6.19. The second-order valence-electron chi connectivity index (χ2n) is 5.35. The van der Waals surface area contributed by atoms with Crippen LogP contribution in [-0.4, -0.2) is 29.5 Å². The van der Waals surface area contributed by atoms with E-state index < -0.39 is 24.6 Å². The van der Waals surface area contributed by atoms with Crippen molar-refractivity contribution in [3.63, 3.8) is 0 Å². The van der Waals surface area contributed by atoms with Crippen molar-refractivity contribution in [2.24, 2.45) is 0 Å². The number of aromatic nitrogens is 1. The molecule has 0 saturated heterocycles. The molecule has 1 aromatic heterocycles. The molecule has 0 bridgehead atoms. The largest absolute Gasteiger partial charge is 0.462 e. The van der Waals surface area contributed by atoms with Gasteiger partial charge in [-0.05, 0) is 29.3 Å². The van der Waals surface area contributed by atoms with Crippen LogP contribution in [0.3, 0.4) is 0 Å². The fourth-order valence-electron chi connectivity index (χ4n) is 2.64. The van der Waals surface area contributed by atoms with Crippen LogP contribution in [-0.2, 0) is 0 Å². The third kappa shape index (κ3) is 4.79. The first-order chi connectivity index (χ1) is 12.3. The molecule has 1 heterocycles. The van der Waals surface area contributed by atoms with Crippen molar-refractivity contribution in [3.05, 3.63) is 57.7 Å². The summed E-state index contributed by atoms with van der Waals surface area (Å²) in [6.45, 7) is -1.14. The SMILES string of the molecule is N#CCOc1cc(C(C(CO)c2ccc(Cl)cc2Cl)C(F)(F)F)ccn1. The Morgan fingerprint density at radius 2 is 1.96 bits per heavy atom. The lowest BCUT2D eigenvalue weighted by Gasteiger charge is -2.29. The predicted molar refractivity (Wildman–Crippen MR) is 90.4 cm³/mol. The number of nitriles is 1. The van der Waals surface area contributed by atoms with Crippen LogP contribution in [0.25, 0.3) is 0 Å². The number of rotatable bonds is 6. The third-order valence-corrected chi connectivity index (χ3v) is 4.28. The van der Waals surface area contributed by atoms with Gasteiger partial charge in [0.15, 0.2) is 6.61 Å². The van der Waals surface area contributed by atoms with Gasteiger partial charge in [-0.1, -0.05) is 29.3 Å². The maximum Gasteiger partial charge on any atom is 0.396 e. The molecule has 9 heteroatoms. The second kappa shape index (κ2) is 8.58. The van der Waals surface area contributed by atoms with E-state index in [9.17, 15) is 18.3 Å². The van der Waals surface area contributed by atoms with Gasteiger partial charge in [0.2, 0.25) is 5.88 Å². The molecule has 0 amide bonds. The number of aliphatic hydroxyl groups is 1. The zero-order valence-corrected chi connectivity index (χ0v) is 14.7. The highest BCUT2D eigenvalue weighted by Gasteiger charge is 2.46. The molecule has 0 spiro atoms. The zero-order valence-electron chi connectivity index (χ0n) is 13.2. The minimum absolute atomic E-state index is 0.0285. The normalized spacial score (nSPS) is 13.7. The summed E-state index contributed by atoms with van der Waals surface area (Å²) >= 11 is 11.8. The Morgan fingerprint density at radius 1 is 1.23 bits per heavy atom. The molecular weight excluding hydrogens is 392 g/mol. The highest BCUT2D eigenvalue weighted by Crippen LogP contribution is 2.46. The van der Waals surface area contributed by atoms with Crippen LogP contribution in [0.2, 0.25) is 10.0 Å². The number of ether oxygens (including phenoxy) is 1. The number of halogens is 5. The standard InChI is InChI=1S/C17H13Cl2F3N2O2/c18-11-1-2-12(14(19)8-11)13(9-25)16(17(20,21)22)10-3-5-24-15(7-10)26-6-4-23/h1-3,5,7-8,13,16,25H,6,9H2. The van der Waals surface area contributed by atoms with Crippen LogP contribution >= 0.6 is 23.2 Å². The highest BCUT2D eigenvalue weighted by atomic mass is 35.5. The number of nitrogens with zero attached hydrogens (tertiary/aromatic N) is 2. The lowest BCUT2D eigenvalue weighted by molar-refractivity contribution is -0.158. The Labute approximate surface area is 157 Å². The van der Waals surface area contributed by atoms with E-state index in [2.05, 4.69) is 4.98 Å². The van der Waals surface area contributed by atoms with Gasteiger partial charge in [-0.15, -0.1) is 0 Å². The Bertz CT molecular complexity index is 809. The molecule has 0 aliphatic heterocycles. The Morgan fingerprint density at radius 3 is 2.54 bits per heavy atom. The number of alkyl halides is 3. The predicted octanol–water partition coefficient (Wildman–Crippen LogP) is 4.71. The number of aliphatic hydroxyl groups excluding tert-OH is 1. The number of benzene rings is 1. The quantitative estimate of drug-likeness (QED) is 0.756. The molecule has 0 aliphatic carbocycles. The number of hydrogen-bond acceptors (Lipinski definition) is 4. The van der Waals surface area contributed by atoms with E-state index >= 15 is 0 Å². The van der Waals surface area contributed by atoms with Gasteiger partial charge in [0.05, 0.1) is 12.5 Å². The molecule has 138 valence electrons. The summed E-state index contributed by atoms with van der Waals surface area (Å²) in [6.07, 6.45) is -3.52. The van der Waals surface area contributed by atoms with E-state index in [1.807, 2.05) is 0 Å². The molecule has 2 aromatic rings. The minimum atomic E-state index is -4.68. The van der Waals surface area contributed by atoms with Crippen molar-refractivity contribution >= 4 is 23.2 Å². The Hall–Kier alpha value is -2.01. The van der Waals surface area contributed by atoms with E-state index in [1.54, 1.807) is 6.07 Å². The summed E-state index contributed by atoms with van der Waals surface area (Å²) in [5.74, 6) is -3.53. The lowest BCUT2D eigenvalue weighted by atomic mass is 9.81. The minimum Gasteiger partial charge on any atom is -0.462 e. The molecule has 4 nitrogen and oxygen atoms in total. The zero-order chi connectivity index (χ0) is 19.3. The summed E-state index contributed by atoms with van der Waals surface area (Å²) in [5, 5.41) is 18.5. The fourth-order valence-corrected chi connectivity index (χ4v) is 3.19. The van der Waals surface area contributed by atoms with E-state index in [0.717, 1.165) is 12.3 Å².